The van der Waals surface area contributed by atoms with E-state index in [1.807, 2.05) is 43.3 Å². The fourth-order valence-corrected chi connectivity index (χ4v) is 6.27. The first-order valence-corrected chi connectivity index (χ1v) is 13.6. The quantitative estimate of drug-likeness (QED) is 0.220. The Hall–Kier alpha value is -2.45. The number of amides is 3. The molecule has 0 aromatic heterocycles. The minimum absolute atomic E-state index is 0.231. The zero-order valence-electron chi connectivity index (χ0n) is 18.9. The molecule has 184 valence electrons. The zero-order chi connectivity index (χ0) is 25.8. The van der Waals surface area contributed by atoms with Gasteiger partial charge in [-0.05, 0) is 117 Å². The second-order valence-corrected chi connectivity index (χ2v) is 11.2. The Morgan fingerprint density at radius 3 is 2.33 bits per heavy atom. The van der Waals surface area contributed by atoms with Gasteiger partial charge in [0.25, 0.3) is 11.1 Å². The lowest BCUT2D eigenvalue weighted by atomic mass is 10.1. The van der Waals surface area contributed by atoms with Crippen molar-refractivity contribution in [2.75, 3.05) is 11.9 Å². The van der Waals surface area contributed by atoms with Crippen molar-refractivity contribution < 1.29 is 23.5 Å². The highest BCUT2D eigenvalue weighted by Gasteiger charge is 2.36. The van der Waals surface area contributed by atoms with Crippen molar-refractivity contribution in [3.05, 3.63) is 95.2 Å². The number of nitrogens with zero attached hydrogens (tertiary/aromatic N) is 1. The molecule has 0 spiro atoms. The Kier molecular flexibility index (Phi) is 8.67. The monoisotopic (exact) mass is 728 g/mol. The van der Waals surface area contributed by atoms with Crippen LogP contribution in [-0.2, 0) is 16.2 Å². The van der Waals surface area contributed by atoms with E-state index in [-0.39, 0.29) is 4.91 Å². The number of anilines is 1. The van der Waals surface area contributed by atoms with E-state index in [9.17, 15) is 18.8 Å². The van der Waals surface area contributed by atoms with Gasteiger partial charge in [0.05, 0.1) is 12.0 Å². The van der Waals surface area contributed by atoms with Crippen LogP contribution in [0, 0.1) is 19.9 Å². The van der Waals surface area contributed by atoms with Crippen molar-refractivity contribution in [1.29, 1.82) is 0 Å². The van der Waals surface area contributed by atoms with Gasteiger partial charge < -0.3 is 10.1 Å². The predicted molar refractivity (Wildman–Crippen MR) is 155 cm³/mol. The van der Waals surface area contributed by atoms with Gasteiger partial charge in [-0.3, -0.25) is 19.3 Å². The van der Waals surface area contributed by atoms with Crippen LogP contribution in [0.25, 0.3) is 6.08 Å². The average molecular weight is 728 g/mol. The Morgan fingerprint density at radius 1 is 1.06 bits per heavy atom. The van der Waals surface area contributed by atoms with E-state index in [2.05, 4.69) is 50.5 Å². The smallest absolute Gasteiger partial charge is 0.294 e. The summed E-state index contributed by atoms with van der Waals surface area (Å²) in [4.78, 5) is 38.7. The molecule has 0 unspecified atom stereocenters. The molecule has 0 bridgehead atoms. The molecule has 1 N–H and O–H groups in total. The van der Waals surface area contributed by atoms with E-state index in [0.717, 1.165) is 40.7 Å². The van der Waals surface area contributed by atoms with E-state index in [1.165, 1.54) is 29.8 Å². The van der Waals surface area contributed by atoms with Crippen molar-refractivity contribution in [2.45, 2.75) is 13.5 Å². The number of halogens is 3. The Balaban J connectivity index is 1.43. The minimum atomic E-state index is -0.552. The molecule has 1 aliphatic rings. The largest absolute Gasteiger partial charge is 0.487 e. The predicted octanol–water partition coefficient (Wildman–Crippen LogP) is 6.60. The molecule has 3 aromatic rings. The maximum absolute atomic E-state index is 13.0. The topological polar surface area (TPSA) is 75.7 Å². The molecule has 1 aliphatic heterocycles. The zero-order valence-corrected chi connectivity index (χ0v) is 24.0. The van der Waals surface area contributed by atoms with Gasteiger partial charge in [0.15, 0.2) is 0 Å². The standard InChI is InChI=1S/C26H19FI2N2O4S/c1-15-2-4-16(5-3-15)14-35-24-20(28)10-17(11-21(24)29)12-22-25(33)31(26(34)36-22)13-23(32)30-19-8-6-18(27)7-9-19/h2-12H,13-14H2,1H3,(H,30,32)/b22-12-. The van der Waals surface area contributed by atoms with Gasteiger partial charge in [0, 0.05) is 5.69 Å². The first-order valence-electron chi connectivity index (χ1n) is 10.7. The molecule has 3 amide bonds. The first-order chi connectivity index (χ1) is 17.2. The fourth-order valence-electron chi connectivity index (χ4n) is 3.31. The molecule has 10 heteroatoms. The third-order valence-corrected chi connectivity index (χ3v) is 7.64. The third-order valence-electron chi connectivity index (χ3n) is 5.13. The van der Waals surface area contributed by atoms with Gasteiger partial charge >= 0.3 is 0 Å². The summed E-state index contributed by atoms with van der Waals surface area (Å²) < 4.78 is 20.8. The van der Waals surface area contributed by atoms with Gasteiger partial charge in [0.1, 0.15) is 24.7 Å². The van der Waals surface area contributed by atoms with Crippen LogP contribution in [0.1, 0.15) is 16.7 Å². The molecule has 0 aliphatic carbocycles. The molecule has 0 atom stereocenters. The maximum atomic E-state index is 13.0. The highest BCUT2D eigenvalue weighted by molar-refractivity contribution is 14.1. The van der Waals surface area contributed by atoms with E-state index in [1.54, 1.807) is 6.08 Å². The van der Waals surface area contributed by atoms with Gasteiger partial charge in [-0.2, -0.15) is 0 Å². The number of carbonyl (C=O) groups is 3. The summed E-state index contributed by atoms with van der Waals surface area (Å²) in [5.41, 5.74) is 3.36. The van der Waals surface area contributed by atoms with Crippen LogP contribution < -0.4 is 10.1 Å². The van der Waals surface area contributed by atoms with E-state index in [4.69, 9.17) is 4.74 Å². The molecule has 36 heavy (non-hydrogen) atoms. The average Bonchev–Trinajstić information content (AvgIpc) is 3.08. The molecular weight excluding hydrogens is 709 g/mol. The fraction of sp³-hybridized carbons (Fsp3) is 0.115. The summed E-state index contributed by atoms with van der Waals surface area (Å²) in [7, 11) is 0. The molecule has 3 aromatic carbocycles. The van der Waals surface area contributed by atoms with Crippen LogP contribution in [-0.4, -0.2) is 28.5 Å². The molecular formula is C26H19FI2N2O4S. The number of hydrogen-bond acceptors (Lipinski definition) is 5. The Labute approximate surface area is 238 Å². The Bertz CT molecular complexity index is 1340. The van der Waals surface area contributed by atoms with Crippen LogP contribution in [0.4, 0.5) is 14.9 Å². The van der Waals surface area contributed by atoms with Crippen LogP contribution >= 0.6 is 56.9 Å². The number of benzene rings is 3. The van der Waals surface area contributed by atoms with Crippen molar-refractivity contribution in [3.63, 3.8) is 0 Å². The van der Waals surface area contributed by atoms with Crippen LogP contribution in [0.15, 0.2) is 65.6 Å². The number of imide groups is 1. The maximum Gasteiger partial charge on any atom is 0.294 e. The van der Waals surface area contributed by atoms with Gasteiger partial charge in [-0.25, -0.2) is 4.39 Å². The van der Waals surface area contributed by atoms with E-state index in [0.29, 0.717) is 12.3 Å². The summed E-state index contributed by atoms with van der Waals surface area (Å²) in [5, 5.41) is 2.03. The van der Waals surface area contributed by atoms with Gasteiger partial charge in [-0.15, -0.1) is 0 Å². The Morgan fingerprint density at radius 2 is 1.69 bits per heavy atom. The second kappa shape index (κ2) is 11.7. The van der Waals surface area contributed by atoms with Crippen molar-refractivity contribution >= 4 is 85.8 Å². The number of rotatable bonds is 7. The summed E-state index contributed by atoms with van der Waals surface area (Å²) in [6.07, 6.45) is 1.64. The lowest BCUT2D eigenvalue weighted by Gasteiger charge is -2.13. The van der Waals surface area contributed by atoms with Gasteiger partial charge in [-0.1, -0.05) is 29.8 Å². The van der Waals surface area contributed by atoms with E-state index < -0.39 is 29.4 Å². The van der Waals surface area contributed by atoms with Crippen molar-refractivity contribution in [2.24, 2.45) is 0 Å². The second-order valence-electron chi connectivity index (χ2n) is 7.91. The lowest BCUT2D eigenvalue weighted by Crippen LogP contribution is -2.36. The molecule has 1 saturated heterocycles. The summed E-state index contributed by atoms with van der Waals surface area (Å²) in [6, 6.07) is 17.1. The molecule has 1 fully saturated rings. The lowest BCUT2D eigenvalue weighted by molar-refractivity contribution is -0.127. The van der Waals surface area contributed by atoms with Crippen molar-refractivity contribution in [1.82, 2.24) is 4.90 Å². The number of nitrogens with one attached hydrogen (secondary N) is 1. The van der Waals surface area contributed by atoms with Crippen LogP contribution in [0.5, 0.6) is 5.75 Å². The molecule has 6 nitrogen and oxygen atoms in total. The van der Waals surface area contributed by atoms with E-state index >= 15 is 0 Å². The summed E-state index contributed by atoms with van der Waals surface area (Å²) in [5.74, 6) is -0.771. The number of aryl methyl sites for hydroxylation is 1. The SMILES string of the molecule is Cc1ccc(COc2c(I)cc(/C=C3\SC(=O)N(CC(=O)Nc4ccc(F)cc4)C3=O)cc2I)cc1. The number of hydrogen-bond donors (Lipinski definition) is 1. The minimum Gasteiger partial charge on any atom is -0.487 e. The summed E-state index contributed by atoms with van der Waals surface area (Å²) >= 11 is 5.15. The molecule has 1 heterocycles. The normalized spacial score (nSPS) is 14.4. The number of thioether (sulfide) groups is 1. The molecule has 4 rings (SSSR count). The van der Waals surface area contributed by atoms with Crippen LogP contribution in [0.2, 0.25) is 0 Å². The van der Waals surface area contributed by atoms with Crippen LogP contribution in [0.3, 0.4) is 0 Å². The highest BCUT2D eigenvalue weighted by atomic mass is 127. The highest BCUT2D eigenvalue weighted by Crippen LogP contribution is 2.35. The summed E-state index contributed by atoms with van der Waals surface area (Å²) in [6.45, 7) is 2.04. The molecule has 0 saturated carbocycles. The molecule has 0 radical (unpaired) electrons. The number of carbonyl (C=O) groups excluding carboxylic acids is 3. The van der Waals surface area contributed by atoms with Crippen molar-refractivity contribution in [3.8, 4) is 5.75 Å². The number of ether oxygens (including phenoxy) is 1. The first kappa shape index (κ1) is 26.6. The van der Waals surface area contributed by atoms with Gasteiger partial charge in [0.2, 0.25) is 5.91 Å². The third kappa shape index (κ3) is 6.65.